The quantitative estimate of drug-likeness (QED) is 0.678. The van der Waals surface area contributed by atoms with E-state index in [0.717, 1.165) is 29.5 Å². The highest BCUT2D eigenvalue weighted by Gasteiger charge is 2.46. The molecular formula is C25H35N3O4. The Morgan fingerprint density at radius 1 is 1.31 bits per heavy atom. The molecule has 0 bridgehead atoms. The van der Waals surface area contributed by atoms with Crippen molar-refractivity contribution in [3.8, 4) is 0 Å². The Balaban J connectivity index is 1.72. The van der Waals surface area contributed by atoms with E-state index in [-0.39, 0.29) is 23.1 Å². The van der Waals surface area contributed by atoms with Crippen molar-refractivity contribution in [1.82, 2.24) is 4.90 Å². The number of amides is 1. The van der Waals surface area contributed by atoms with E-state index in [1.807, 2.05) is 32.9 Å². The molecule has 0 radical (unpaired) electrons. The Bertz CT molecular complexity index is 935. The number of rotatable bonds is 5. The molecule has 1 amide bonds. The maximum atomic E-state index is 12.7. The number of carbonyl (C=O) groups is 2. The molecule has 7 nitrogen and oxygen atoms in total. The lowest BCUT2D eigenvalue weighted by molar-refractivity contribution is 0.0165. The third-order valence-corrected chi connectivity index (χ3v) is 6.26. The fourth-order valence-electron chi connectivity index (χ4n) is 4.50. The molecule has 0 saturated carbocycles. The van der Waals surface area contributed by atoms with E-state index < -0.39 is 11.2 Å². The van der Waals surface area contributed by atoms with E-state index in [0.29, 0.717) is 32.4 Å². The molecule has 3 N–H and O–H groups in total. The summed E-state index contributed by atoms with van der Waals surface area (Å²) in [6.45, 7) is 11.9. The molecule has 1 aliphatic carbocycles. The zero-order valence-electron chi connectivity index (χ0n) is 19.6. The van der Waals surface area contributed by atoms with Crippen molar-refractivity contribution in [3.05, 3.63) is 47.3 Å². The first-order chi connectivity index (χ1) is 14.8. The van der Waals surface area contributed by atoms with E-state index >= 15 is 0 Å². The van der Waals surface area contributed by atoms with Gasteiger partial charge in [0.05, 0.1) is 5.60 Å². The number of ether oxygens (including phenoxy) is 1. The lowest BCUT2D eigenvalue weighted by Crippen LogP contribution is -2.46. The Hall–Kier alpha value is -2.67. The molecule has 1 aromatic rings. The molecule has 1 unspecified atom stereocenters. The average Bonchev–Trinajstić information content (AvgIpc) is 2.95. The van der Waals surface area contributed by atoms with Gasteiger partial charge >= 0.3 is 6.09 Å². The lowest BCUT2D eigenvalue weighted by atomic mass is 9.73. The maximum Gasteiger partial charge on any atom is 0.410 e. The topological polar surface area (TPSA) is 105 Å². The summed E-state index contributed by atoms with van der Waals surface area (Å²) in [6.07, 6.45) is 4.18. The zero-order valence-corrected chi connectivity index (χ0v) is 19.6. The Morgan fingerprint density at radius 2 is 1.97 bits per heavy atom. The van der Waals surface area contributed by atoms with Gasteiger partial charge in [-0.25, -0.2) is 9.79 Å². The van der Waals surface area contributed by atoms with Crippen LogP contribution in [0.4, 0.5) is 4.79 Å². The highest BCUT2D eigenvalue weighted by molar-refractivity contribution is 6.02. The molecule has 3 rings (SSSR count). The average molecular weight is 442 g/mol. The summed E-state index contributed by atoms with van der Waals surface area (Å²) < 4.78 is 5.51. The maximum absolute atomic E-state index is 12.7. The van der Waals surface area contributed by atoms with Crippen LogP contribution in [-0.2, 0) is 16.6 Å². The molecule has 1 heterocycles. The number of piperidine rings is 1. The third kappa shape index (κ3) is 5.57. The van der Waals surface area contributed by atoms with Crippen molar-refractivity contribution in [2.75, 3.05) is 13.1 Å². The molecule has 174 valence electrons. The molecule has 1 aromatic carbocycles. The Kier molecular flexibility index (Phi) is 6.52. The van der Waals surface area contributed by atoms with Crippen LogP contribution in [0.25, 0.3) is 0 Å². The van der Waals surface area contributed by atoms with Crippen LogP contribution in [0.15, 0.2) is 35.6 Å². The van der Waals surface area contributed by atoms with Gasteiger partial charge in [0.15, 0.2) is 5.78 Å². The van der Waals surface area contributed by atoms with Crippen LogP contribution in [0, 0.1) is 0 Å². The molecular weight excluding hydrogens is 406 g/mol. The first kappa shape index (κ1) is 24.0. The molecule has 1 saturated heterocycles. The minimum absolute atomic E-state index is 0.154. The van der Waals surface area contributed by atoms with Gasteiger partial charge in [-0.3, -0.25) is 4.79 Å². The highest BCUT2D eigenvalue weighted by Crippen LogP contribution is 2.46. The Labute approximate surface area is 190 Å². The highest BCUT2D eigenvalue weighted by atomic mass is 16.6. The molecule has 1 aliphatic heterocycles. The largest absolute Gasteiger partial charge is 0.444 e. The van der Waals surface area contributed by atoms with E-state index in [1.165, 1.54) is 6.21 Å². The van der Waals surface area contributed by atoms with Crippen LogP contribution >= 0.6 is 0 Å². The summed E-state index contributed by atoms with van der Waals surface area (Å²) >= 11 is 0. The lowest BCUT2D eigenvalue weighted by Gasteiger charge is -2.40. The summed E-state index contributed by atoms with van der Waals surface area (Å²) in [7, 11) is 0. The number of ketones is 1. The van der Waals surface area contributed by atoms with Crippen molar-refractivity contribution in [1.29, 1.82) is 0 Å². The second-order valence-corrected chi connectivity index (χ2v) is 10.3. The molecule has 1 atom stereocenters. The van der Waals surface area contributed by atoms with E-state index in [4.69, 9.17) is 10.5 Å². The number of aliphatic hydroxyl groups is 1. The van der Waals surface area contributed by atoms with Crippen molar-refractivity contribution in [2.45, 2.75) is 76.4 Å². The molecule has 0 aromatic heterocycles. The molecule has 1 spiro atoms. The van der Waals surface area contributed by atoms with Gasteiger partial charge in [-0.2, -0.15) is 0 Å². The van der Waals surface area contributed by atoms with Crippen LogP contribution in [0.1, 0.15) is 74.9 Å². The predicted molar refractivity (Wildman–Crippen MR) is 125 cm³/mol. The summed E-state index contributed by atoms with van der Waals surface area (Å²) in [4.78, 5) is 30.8. The fraction of sp³-hybridized carbons (Fsp3) is 0.560. The number of carbonyl (C=O) groups excluding carboxylic acids is 2. The van der Waals surface area contributed by atoms with Gasteiger partial charge in [0.2, 0.25) is 0 Å². The fourth-order valence-corrected chi connectivity index (χ4v) is 4.50. The van der Waals surface area contributed by atoms with Crippen molar-refractivity contribution in [2.24, 2.45) is 10.7 Å². The second kappa shape index (κ2) is 8.70. The van der Waals surface area contributed by atoms with E-state index in [9.17, 15) is 14.7 Å². The normalized spacial score (nSPS) is 19.8. The zero-order chi connectivity index (χ0) is 23.7. The van der Waals surface area contributed by atoms with Crippen LogP contribution in [0.3, 0.4) is 0 Å². The number of Topliss-reactive ketones (excluding diaryl/α,β-unsaturated/α-hetero) is 1. The number of likely N-dealkylation sites (tertiary alicyclic amines) is 1. The molecule has 7 heteroatoms. The number of hydrogen-bond donors (Lipinski definition) is 2. The second-order valence-electron chi connectivity index (χ2n) is 10.3. The van der Waals surface area contributed by atoms with Gasteiger partial charge in [-0.1, -0.05) is 24.8 Å². The third-order valence-electron chi connectivity index (χ3n) is 6.26. The van der Waals surface area contributed by atoms with Crippen LogP contribution < -0.4 is 5.73 Å². The predicted octanol–water partition coefficient (Wildman–Crippen LogP) is 3.73. The van der Waals surface area contributed by atoms with Crippen molar-refractivity contribution in [3.63, 3.8) is 0 Å². The number of aryl methyl sites for hydroxylation is 1. The molecule has 1 fully saturated rings. The van der Waals surface area contributed by atoms with Gasteiger partial charge in [-0.05, 0) is 64.5 Å². The first-order valence-corrected chi connectivity index (χ1v) is 11.2. The number of nitrogens with zero attached hydrogens (tertiary/aromatic N) is 2. The summed E-state index contributed by atoms with van der Waals surface area (Å²) in [6, 6.07) is 5.98. The van der Waals surface area contributed by atoms with Crippen LogP contribution in [0.5, 0.6) is 0 Å². The van der Waals surface area contributed by atoms with Gasteiger partial charge < -0.3 is 20.5 Å². The van der Waals surface area contributed by atoms with E-state index in [1.54, 1.807) is 11.8 Å². The van der Waals surface area contributed by atoms with Crippen LogP contribution in [0.2, 0.25) is 0 Å². The van der Waals surface area contributed by atoms with Gasteiger partial charge in [0.1, 0.15) is 11.4 Å². The molecule has 32 heavy (non-hydrogen) atoms. The first-order valence-electron chi connectivity index (χ1n) is 11.2. The SMILES string of the molecule is C=C(N)N=CC(C)(O)CCc1ccc2c(c1)C1(CCN(C(=O)OC(C)(C)C)CC1)CC2=O. The van der Waals surface area contributed by atoms with Crippen molar-refractivity contribution >= 4 is 18.1 Å². The minimum atomic E-state index is -1.10. The standard InChI is InChI=1S/C25H35N3O4/c1-17(26)27-16-24(5,31)9-8-18-6-7-19-20(14-18)25(15-21(19)29)10-12-28(13-11-25)22(30)32-23(2,3)4/h6-7,14,16,31H,1,8-13,15,26H2,2-5H3. The summed E-state index contributed by atoms with van der Waals surface area (Å²) in [5, 5.41) is 10.5. The minimum Gasteiger partial charge on any atom is -0.444 e. The number of fused-ring (bicyclic) bond motifs is 2. The Morgan fingerprint density at radius 3 is 2.56 bits per heavy atom. The number of aliphatic imine (C=N–C) groups is 1. The van der Waals surface area contributed by atoms with Gasteiger partial charge in [0.25, 0.3) is 0 Å². The van der Waals surface area contributed by atoms with Crippen molar-refractivity contribution < 1.29 is 19.4 Å². The van der Waals surface area contributed by atoms with Crippen LogP contribution in [-0.4, -0.2) is 52.4 Å². The number of benzene rings is 1. The monoisotopic (exact) mass is 441 g/mol. The van der Waals surface area contributed by atoms with Gasteiger partial charge in [-0.15, -0.1) is 0 Å². The smallest absolute Gasteiger partial charge is 0.410 e. The number of nitrogens with two attached hydrogens (primary N) is 1. The summed E-state index contributed by atoms with van der Waals surface area (Å²) in [5.74, 6) is 0.318. The number of hydrogen-bond acceptors (Lipinski definition) is 6. The van der Waals surface area contributed by atoms with E-state index in [2.05, 4.69) is 17.6 Å². The van der Waals surface area contributed by atoms with Gasteiger partial charge in [0, 0.05) is 36.7 Å². The molecule has 2 aliphatic rings. The summed E-state index contributed by atoms with van der Waals surface area (Å²) in [5.41, 5.74) is 6.51.